The second-order valence-electron chi connectivity index (χ2n) is 5.57. The third kappa shape index (κ3) is 5.77. The number of hydrogen-bond acceptors (Lipinski definition) is 5. The van der Waals surface area contributed by atoms with Crippen molar-refractivity contribution in [1.29, 1.82) is 0 Å². The maximum Gasteiger partial charge on any atom is 0.166 e. The van der Waals surface area contributed by atoms with Gasteiger partial charge in [0.15, 0.2) is 11.5 Å². The lowest BCUT2D eigenvalue weighted by Gasteiger charge is -2.30. The van der Waals surface area contributed by atoms with E-state index in [4.69, 9.17) is 0 Å². The van der Waals surface area contributed by atoms with Crippen molar-refractivity contribution in [3.63, 3.8) is 0 Å². The molecule has 0 fully saturated rings. The number of benzene rings is 1. The summed E-state index contributed by atoms with van der Waals surface area (Å²) in [4.78, 5) is 0. The molecule has 20 heavy (non-hydrogen) atoms. The highest BCUT2D eigenvalue weighted by molar-refractivity contribution is 7.85. The van der Waals surface area contributed by atoms with Crippen molar-refractivity contribution in [3.8, 4) is 11.5 Å². The van der Waals surface area contributed by atoms with Gasteiger partial charge >= 0.3 is 0 Å². The normalized spacial score (nSPS) is 12.6. The van der Waals surface area contributed by atoms with E-state index < -0.39 is 10.1 Å². The first-order valence-corrected chi connectivity index (χ1v) is 7.94. The molecule has 7 heteroatoms. The summed E-state index contributed by atoms with van der Waals surface area (Å²) in [5.74, 6) is -0.620. The van der Waals surface area contributed by atoms with Crippen LogP contribution in [0.15, 0.2) is 18.2 Å². The number of phenols is 2. The molecule has 0 aliphatic rings. The third-order valence-electron chi connectivity index (χ3n) is 3.10. The fourth-order valence-corrected chi connectivity index (χ4v) is 2.62. The van der Waals surface area contributed by atoms with Crippen LogP contribution in [0.1, 0.15) is 18.4 Å². The zero-order chi connectivity index (χ0) is 15.4. The standard InChI is InChI=1S/C13H21NO5S/c1-14(2,8-3-4-9-20(17,18)19)10-11-6-5-7-12(15)13(11)16/h5-7H,3-4,8-10H2,1-2H3,(H2-,15,16,17,18,19). The van der Waals surface area contributed by atoms with Crippen LogP contribution in [0.3, 0.4) is 0 Å². The van der Waals surface area contributed by atoms with Gasteiger partial charge in [-0.05, 0) is 25.0 Å². The van der Waals surface area contributed by atoms with Crippen LogP contribution in [0.4, 0.5) is 0 Å². The van der Waals surface area contributed by atoms with E-state index >= 15 is 0 Å². The molecule has 0 heterocycles. The van der Waals surface area contributed by atoms with Gasteiger partial charge in [0.2, 0.25) is 0 Å². The first kappa shape index (κ1) is 16.7. The summed E-state index contributed by atoms with van der Waals surface area (Å²) < 4.78 is 32.0. The molecule has 0 spiro atoms. The fraction of sp³-hybridized carbons (Fsp3) is 0.538. The summed E-state index contributed by atoms with van der Waals surface area (Å²) >= 11 is 0. The molecule has 0 saturated heterocycles. The predicted octanol–water partition coefficient (Wildman–Crippen LogP) is 1.000. The Hall–Kier alpha value is -1.31. The summed E-state index contributed by atoms with van der Waals surface area (Å²) in [7, 11) is -0.264. The van der Waals surface area contributed by atoms with Gasteiger partial charge < -0.3 is 19.2 Å². The van der Waals surface area contributed by atoms with Gasteiger partial charge in [0.25, 0.3) is 0 Å². The number of rotatable bonds is 7. The molecule has 1 aromatic carbocycles. The first-order chi connectivity index (χ1) is 9.11. The Kier molecular flexibility index (Phi) is 5.38. The SMILES string of the molecule is C[N+](C)(CCCCS(=O)(=O)[O-])Cc1cccc(O)c1O. The average molecular weight is 303 g/mol. The van der Waals surface area contributed by atoms with Crippen LogP contribution in [-0.2, 0) is 16.7 Å². The molecule has 2 N–H and O–H groups in total. The number of quaternary nitrogens is 1. The van der Waals surface area contributed by atoms with Crippen molar-refractivity contribution >= 4 is 10.1 Å². The van der Waals surface area contributed by atoms with E-state index in [1.807, 2.05) is 14.1 Å². The Labute approximate surface area is 119 Å². The summed E-state index contributed by atoms with van der Waals surface area (Å²) in [6, 6.07) is 4.81. The Morgan fingerprint density at radius 3 is 2.45 bits per heavy atom. The van der Waals surface area contributed by atoms with Gasteiger partial charge in [-0.1, -0.05) is 6.07 Å². The van der Waals surface area contributed by atoms with Crippen LogP contribution in [0, 0.1) is 0 Å². The quantitative estimate of drug-likeness (QED) is 0.339. The van der Waals surface area contributed by atoms with Crippen molar-refractivity contribution in [3.05, 3.63) is 23.8 Å². The Bertz CT molecular complexity index is 554. The van der Waals surface area contributed by atoms with Gasteiger partial charge in [-0.25, -0.2) is 8.42 Å². The molecule has 1 rings (SSSR count). The molecule has 0 unspecified atom stereocenters. The molecule has 0 aliphatic carbocycles. The molecule has 0 aromatic heterocycles. The van der Waals surface area contributed by atoms with E-state index in [2.05, 4.69) is 0 Å². The van der Waals surface area contributed by atoms with Gasteiger partial charge in [-0.2, -0.15) is 0 Å². The topological polar surface area (TPSA) is 97.7 Å². The third-order valence-corrected chi connectivity index (χ3v) is 3.89. The van der Waals surface area contributed by atoms with Crippen LogP contribution >= 0.6 is 0 Å². The Morgan fingerprint density at radius 1 is 1.20 bits per heavy atom. The second kappa shape index (κ2) is 6.43. The minimum atomic E-state index is -4.14. The van der Waals surface area contributed by atoms with Gasteiger partial charge in [-0.15, -0.1) is 0 Å². The lowest BCUT2D eigenvalue weighted by atomic mass is 10.1. The predicted molar refractivity (Wildman–Crippen MR) is 74.2 cm³/mol. The Balaban J connectivity index is 2.55. The molecule has 114 valence electrons. The van der Waals surface area contributed by atoms with E-state index in [1.54, 1.807) is 12.1 Å². The minimum Gasteiger partial charge on any atom is -0.748 e. The average Bonchev–Trinajstić information content (AvgIpc) is 2.29. The summed E-state index contributed by atoms with van der Waals surface area (Å²) in [6.45, 7) is 1.18. The molecule has 0 amide bonds. The monoisotopic (exact) mass is 303 g/mol. The number of nitrogens with zero attached hydrogens (tertiary/aromatic N) is 1. The van der Waals surface area contributed by atoms with Gasteiger partial charge in [-0.3, -0.25) is 0 Å². The molecule has 0 bridgehead atoms. The highest BCUT2D eigenvalue weighted by Crippen LogP contribution is 2.30. The summed E-state index contributed by atoms with van der Waals surface area (Å²) in [5.41, 5.74) is 0.631. The van der Waals surface area contributed by atoms with Crippen molar-refractivity contribution in [2.45, 2.75) is 19.4 Å². The zero-order valence-electron chi connectivity index (χ0n) is 11.7. The molecule has 1 aromatic rings. The van der Waals surface area contributed by atoms with Gasteiger partial charge in [0.1, 0.15) is 6.54 Å². The van der Waals surface area contributed by atoms with Crippen LogP contribution in [-0.4, -0.2) is 54.1 Å². The Morgan fingerprint density at radius 2 is 1.85 bits per heavy atom. The van der Waals surface area contributed by atoms with Gasteiger partial charge in [0, 0.05) is 5.75 Å². The van der Waals surface area contributed by atoms with E-state index in [9.17, 15) is 23.2 Å². The van der Waals surface area contributed by atoms with Crippen LogP contribution in [0.25, 0.3) is 0 Å². The largest absolute Gasteiger partial charge is 0.748 e. The molecular formula is C13H21NO5S. The molecule has 0 atom stereocenters. The van der Waals surface area contributed by atoms with Crippen LogP contribution in [0.5, 0.6) is 11.5 Å². The van der Waals surface area contributed by atoms with Crippen molar-refractivity contribution in [2.75, 3.05) is 26.4 Å². The van der Waals surface area contributed by atoms with Crippen molar-refractivity contribution in [2.24, 2.45) is 0 Å². The summed E-state index contributed by atoms with van der Waals surface area (Å²) in [5, 5.41) is 19.2. The number of phenolic OH excluding ortho intramolecular Hbond substituents is 2. The summed E-state index contributed by atoms with van der Waals surface area (Å²) in [6.07, 6.45) is 0.938. The van der Waals surface area contributed by atoms with Crippen molar-refractivity contribution < 1.29 is 27.7 Å². The minimum absolute atomic E-state index is 0.124. The highest BCUT2D eigenvalue weighted by Gasteiger charge is 2.19. The molecular weight excluding hydrogens is 282 g/mol. The number of hydrogen-bond donors (Lipinski definition) is 2. The number of unbranched alkanes of at least 4 members (excludes halogenated alkanes) is 1. The zero-order valence-corrected chi connectivity index (χ0v) is 12.6. The molecule has 0 saturated carbocycles. The fourth-order valence-electron chi connectivity index (χ4n) is 2.06. The van der Waals surface area contributed by atoms with E-state index in [1.165, 1.54) is 6.07 Å². The highest BCUT2D eigenvalue weighted by atomic mass is 32.2. The number of aromatic hydroxyl groups is 2. The second-order valence-corrected chi connectivity index (χ2v) is 7.09. The molecule has 0 radical (unpaired) electrons. The van der Waals surface area contributed by atoms with E-state index in [-0.39, 0.29) is 17.3 Å². The van der Waals surface area contributed by atoms with Crippen LogP contribution in [0.2, 0.25) is 0 Å². The lowest BCUT2D eigenvalue weighted by molar-refractivity contribution is -0.903. The maximum absolute atomic E-state index is 10.5. The van der Waals surface area contributed by atoms with E-state index in [0.717, 1.165) is 0 Å². The molecule has 0 aliphatic heterocycles. The smallest absolute Gasteiger partial charge is 0.166 e. The maximum atomic E-state index is 10.5. The van der Waals surface area contributed by atoms with Crippen molar-refractivity contribution in [1.82, 2.24) is 0 Å². The first-order valence-electron chi connectivity index (χ1n) is 6.36. The number of para-hydroxylation sites is 1. The van der Waals surface area contributed by atoms with Crippen LogP contribution < -0.4 is 0 Å². The van der Waals surface area contributed by atoms with E-state index in [0.29, 0.717) is 36.0 Å². The lowest BCUT2D eigenvalue weighted by Crippen LogP contribution is -2.39. The van der Waals surface area contributed by atoms with Gasteiger partial charge in [0.05, 0.1) is 36.3 Å². The molecule has 6 nitrogen and oxygen atoms in total.